The average molecular weight is 248 g/mol. The fraction of sp³-hybridized carbons (Fsp3) is 0.889. The molecule has 16 heavy (non-hydrogen) atoms. The topological polar surface area (TPSA) is 85.5 Å². The number of aliphatic hydroxyl groups excluding tert-OH is 3. The summed E-state index contributed by atoms with van der Waals surface area (Å²) in [5.74, 6) is 0. The van der Waals surface area contributed by atoms with Crippen molar-refractivity contribution in [2.24, 2.45) is 4.99 Å². The minimum Gasteiger partial charge on any atom is -0.448 e. The second kappa shape index (κ2) is 4.40. The van der Waals surface area contributed by atoms with Crippen LogP contribution in [0.4, 0.5) is 0 Å². The van der Waals surface area contributed by atoms with Crippen LogP contribution in [0.5, 0.6) is 0 Å². The number of ether oxygens (including phenoxy) is 1. The zero-order valence-electron chi connectivity index (χ0n) is 9.15. The van der Waals surface area contributed by atoms with Gasteiger partial charge >= 0.3 is 0 Å². The molecule has 0 amide bonds. The van der Waals surface area contributed by atoms with Crippen molar-refractivity contribution in [3.05, 3.63) is 0 Å². The molecular weight excluding hydrogens is 232 g/mol. The second-order valence-corrected chi connectivity index (χ2v) is 5.46. The third kappa shape index (κ3) is 1.88. The van der Waals surface area contributed by atoms with Crippen molar-refractivity contribution in [3.63, 3.8) is 0 Å². The normalized spacial score (nSPS) is 42.3. The molecule has 0 aromatic heterocycles. The van der Waals surface area contributed by atoms with Gasteiger partial charge in [0.1, 0.15) is 12.1 Å². The van der Waals surface area contributed by atoms with Crippen molar-refractivity contribution in [1.29, 1.82) is 0 Å². The molecule has 5 atom stereocenters. The first-order chi connectivity index (χ1) is 7.54. The lowest BCUT2D eigenvalue weighted by atomic mass is 10.0. The predicted molar refractivity (Wildman–Crippen MR) is 60.3 cm³/mol. The Bertz CT molecular complexity index is 299. The first-order valence-corrected chi connectivity index (χ1v) is 6.03. The minimum absolute atomic E-state index is 0.188. The SMILES string of the molecule is CN(C)C1=N[C@@H]2[C@@H](O)[C@H](O)[C@@H](CO)S[C@@H]2O1. The van der Waals surface area contributed by atoms with Gasteiger partial charge in [-0.3, -0.25) is 0 Å². The Morgan fingerprint density at radius 2 is 2.06 bits per heavy atom. The van der Waals surface area contributed by atoms with E-state index in [0.29, 0.717) is 6.02 Å². The molecule has 2 aliphatic heterocycles. The molecule has 1 fully saturated rings. The van der Waals surface area contributed by atoms with Crippen LogP contribution in [-0.4, -0.2) is 75.9 Å². The lowest BCUT2D eigenvalue weighted by Gasteiger charge is -2.36. The van der Waals surface area contributed by atoms with Crippen molar-refractivity contribution >= 4 is 17.8 Å². The highest BCUT2D eigenvalue weighted by molar-refractivity contribution is 8.00. The van der Waals surface area contributed by atoms with Gasteiger partial charge in [0, 0.05) is 14.1 Å². The summed E-state index contributed by atoms with van der Waals surface area (Å²) < 4.78 is 5.53. The maximum atomic E-state index is 9.87. The van der Waals surface area contributed by atoms with E-state index in [-0.39, 0.29) is 12.0 Å². The fourth-order valence-corrected chi connectivity index (χ4v) is 3.06. The summed E-state index contributed by atoms with van der Waals surface area (Å²) in [5.41, 5.74) is -0.326. The number of aliphatic imine (C=N–C) groups is 1. The number of nitrogens with zero attached hydrogens (tertiary/aromatic N) is 2. The van der Waals surface area contributed by atoms with Crippen LogP contribution in [0, 0.1) is 0 Å². The number of amidine groups is 1. The highest BCUT2D eigenvalue weighted by Crippen LogP contribution is 2.38. The van der Waals surface area contributed by atoms with Crippen molar-refractivity contribution < 1.29 is 20.1 Å². The van der Waals surface area contributed by atoms with Gasteiger partial charge in [0.05, 0.1) is 18.0 Å². The third-order valence-corrected chi connectivity index (χ3v) is 4.13. The van der Waals surface area contributed by atoms with E-state index < -0.39 is 23.5 Å². The van der Waals surface area contributed by atoms with Gasteiger partial charge in [-0.1, -0.05) is 0 Å². The van der Waals surface area contributed by atoms with Gasteiger partial charge < -0.3 is 25.0 Å². The van der Waals surface area contributed by atoms with Crippen LogP contribution in [0.25, 0.3) is 0 Å². The van der Waals surface area contributed by atoms with Gasteiger partial charge in [0.2, 0.25) is 0 Å². The summed E-state index contributed by atoms with van der Waals surface area (Å²) in [5, 5.41) is 28.3. The Kier molecular flexibility index (Phi) is 3.29. The summed E-state index contributed by atoms with van der Waals surface area (Å²) in [4.78, 5) is 5.93. The molecule has 0 aromatic carbocycles. The molecule has 0 saturated carbocycles. The Morgan fingerprint density at radius 3 is 2.62 bits per heavy atom. The number of aliphatic hydroxyl groups is 3. The van der Waals surface area contributed by atoms with Gasteiger partial charge in [0.25, 0.3) is 6.02 Å². The van der Waals surface area contributed by atoms with Crippen LogP contribution in [-0.2, 0) is 4.74 Å². The first kappa shape index (κ1) is 12.0. The molecule has 1 saturated heterocycles. The van der Waals surface area contributed by atoms with Gasteiger partial charge in [-0.25, -0.2) is 4.99 Å². The smallest absolute Gasteiger partial charge is 0.288 e. The summed E-state index contributed by atoms with van der Waals surface area (Å²) in [6, 6.07) is -0.00691. The van der Waals surface area contributed by atoms with E-state index in [0.717, 1.165) is 0 Å². The summed E-state index contributed by atoms with van der Waals surface area (Å²) in [6.07, 6.45) is -1.95. The number of thioether (sulfide) groups is 1. The number of fused-ring (bicyclic) bond motifs is 1. The molecule has 2 heterocycles. The molecule has 2 rings (SSSR count). The quantitative estimate of drug-likeness (QED) is 0.521. The van der Waals surface area contributed by atoms with Crippen LogP contribution in [0.15, 0.2) is 4.99 Å². The van der Waals surface area contributed by atoms with Crippen LogP contribution in [0.3, 0.4) is 0 Å². The molecule has 0 spiro atoms. The van der Waals surface area contributed by atoms with E-state index in [1.165, 1.54) is 11.8 Å². The maximum absolute atomic E-state index is 9.87. The zero-order chi connectivity index (χ0) is 11.9. The molecule has 0 aliphatic carbocycles. The first-order valence-electron chi connectivity index (χ1n) is 5.09. The van der Waals surface area contributed by atoms with E-state index >= 15 is 0 Å². The number of hydrogen-bond acceptors (Lipinski definition) is 7. The molecule has 0 aromatic rings. The van der Waals surface area contributed by atoms with Crippen LogP contribution in [0.1, 0.15) is 0 Å². The third-order valence-electron chi connectivity index (χ3n) is 2.71. The summed E-state index contributed by atoms with van der Waals surface area (Å²) >= 11 is 1.31. The highest BCUT2D eigenvalue weighted by atomic mass is 32.2. The second-order valence-electron chi connectivity index (χ2n) is 4.12. The van der Waals surface area contributed by atoms with Crippen LogP contribution < -0.4 is 0 Å². The molecule has 6 nitrogen and oxygen atoms in total. The largest absolute Gasteiger partial charge is 0.448 e. The van der Waals surface area contributed by atoms with Gasteiger partial charge in [0.15, 0.2) is 5.44 Å². The Balaban J connectivity index is 2.14. The van der Waals surface area contributed by atoms with E-state index in [2.05, 4.69) is 4.99 Å². The van der Waals surface area contributed by atoms with Crippen molar-refractivity contribution in [2.75, 3.05) is 20.7 Å². The van der Waals surface area contributed by atoms with Crippen LogP contribution >= 0.6 is 11.8 Å². The lowest BCUT2D eigenvalue weighted by Crippen LogP contribution is -2.52. The Morgan fingerprint density at radius 1 is 1.38 bits per heavy atom. The summed E-state index contributed by atoms with van der Waals surface area (Å²) in [6.45, 7) is -0.188. The summed E-state index contributed by atoms with van der Waals surface area (Å²) in [7, 11) is 3.60. The molecule has 2 aliphatic rings. The van der Waals surface area contributed by atoms with Crippen molar-refractivity contribution in [3.8, 4) is 0 Å². The average Bonchev–Trinajstić information content (AvgIpc) is 2.67. The molecule has 7 heteroatoms. The van der Waals surface area contributed by atoms with E-state index in [1.807, 2.05) is 0 Å². The predicted octanol–water partition coefficient (Wildman–Crippen LogP) is -1.54. The highest BCUT2D eigenvalue weighted by Gasteiger charge is 2.48. The monoisotopic (exact) mass is 248 g/mol. The number of rotatable bonds is 1. The lowest BCUT2D eigenvalue weighted by molar-refractivity contribution is -0.0194. The van der Waals surface area contributed by atoms with E-state index in [1.54, 1.807) is 19.0 Å². The van der Waals surface area contributed by atoms with Gasteiger partial charge in [-0.05, 0) is 0 Å². The molecule has 0 unspecified atom stereocenters. The molecule has 3 N–H and O–H groups in total. The number of hydrogen-bond donors (Lipinski definition) is 3. The van der Waals surface area contributed by atoms with Crippen molar-refractivity contribution in [2.45, 2.75) is 28.9 Å². The van der Waals surface area contributed by atoms with E-state index in [9.17, 15) is 10.2 Å². The Hall–Kier alpha value is -0.500. The molecule has 0 radical (unpaired) electrons. The standard InChI is InChI=1S/C9H16N2O4S/c1-11(2)9-10-5-7(14)6(13)4(3-12)16-8(5)15-9/h4-8,12-14H,3H2,1-2H3/t4-,5-,6-,7-,8+/m1/s1. The van der Waals surface area contributed by atoms with E-state index in [4.69, 9.17) is 9.84 Å². The Labute approximate surface area is 97.9 Å². The van der Waals surface area contributed by atoms with Crippen molar-refractivity contribution in [1.82, 2.24) is 4.90 Å². The zero-order valence-corrected chi connectivity index (χ0v) is 9.96. The van der Waals surface area contributed by atoms with Crippen LogP contribution in [0.2, 0.25) is 0 Å². The maximum Gasteiger partial charge on any atom is 0.288 e. The molecular formula is C9H16N2O4S. The molecule has 0 bridgehead atoms. The van der Waals surface area contributed by atoms with Gasteiger partial charge in [-0.15, -0.1) is 11.8 Å². The molecule has 92 valence electrons. The van der Waals surface area contributed by atoms with Gasteiger partial charge in [-0.2, -0.15) is 0 Å². The fourth-order valence-electron chi connectivity index (χ4n) is 1.78. The minimum atomic E-state index is -0.985.